The number of amides is 2. The largest absolute Gasteiger partial charge is 0.338 e. The molecule has 2 N–H and O–H groups in total. The van der Waals surface area contributed by atoms with Crippen LogP contribution < -0.4 is 10.6 Å². The number of urea groups is 1. The molecule has 0 bridgehead atoms. The Bertz CT molecular complexity index is 928. The first-order valence-electron chi connectivity index (χ1n) is 7.45. The minimum atomic E-state index is -0.308. The van der Waals surface area contributed by atoms with Gasteiger partial charge in [0.05, 0.1) is 6.20 Å². The van der Waals surface area contributed by atoms with Crippen LogP contribution in [-0.4, -0.2) is 27.5 Å². The molecule has 2 aromatic heterocycles. The van der Waals surface area contributed by atoms with Gasteiger partial charge in [-0.3, -0.25) is 5.32 Å². The number of fused-ring (bicyclic) bond motifs is 2. The van der Waals surface area contributed by atoms with Gasteiger partial charge in [-0.2, -0.15) is 0 Å². The standard InChI is InChI=1S/C12H11N5O.C6H4/c1-3-8-7-14-11-9(15-8)5-6-10(16-11)17-12(18)13-4-2;1-2-5-4-6(5)3-1/h1,5-7H,4H2,2H3,(H2,13,14,16,17,18);1-4H. The Kier molecular flexibility index (Phi) is 4.34. The summed E-state index contributed by atoms with van der Waals surface area (Å²) < 4.78 is 0. The van der Waals surface area contributed by atoms with E-state index in [9.17, 15) is 4.79 Å². The van der Waals surface area contributed by atoms with Crippen molar-refractivity contribution in [2.45, 2.75) is 6.92 Å². The molecule has 2 aromatic rings. The predicted molar refractivity (Wildman–Crippen MR) is 93.4 cm³/mol. The van der Waals surface area contributed by atoms with Gasteiger partial charge in [0, 0.05) is 6.54 Å². The fourth-order valence-corrected chi connectivity index (χ4v) is 2.04. The maximum absolute atomic E-state index is 11.3. The third-order valence-electron chi connectivity index (χ3n) is 3.24. The molecule has 2 aliphatic carbocycles. The van der Waals surface area contributed by atoms with Crippen LogP contribution in [0.25, 0.3) is 22.3 Å². The van der Waals surface area contributed by atoms with Gasteiger partial charge in [0.1, 0.15) is 17.0 Å². The Hall–Kier alpha value is -3.46. The topological polar surface area (TPSA) is 79.8 Å². The second kappa shape index (κ2) is 6.75. The molecule has 0 aliphatic heterocycles. The minimum Gasteiger partial charge on any atom is -0.338 e. The van der Waals surface area contributed by atoms with E-state index >= 15 is 0 Å². The molecule has 0 aromatic carbocycles. The molecule has 2 heterocycles. The van der Waals surface area contributed by atoms with Crippen LogP contribution in [0.15, 0.2) is 42.6 Å². The zero-order valence-corrected chi connectivity index (χ0v) is 13.1. The van der Waals surface area contributed by atoms with Crippen molar-refractivity contribution in [3.8, 4) is 23.5 Å². The van der Waals surface area contributed by atoms with Crippen LogP contribution in [0.2, 0.25) is 0 Å². The van der Waals surface area contributed by atoms with Crippen molar-refractivity contribution >= 4 is 23.0 Å². The lowest BCUT2D eigenvalue weighted by Gasteiger charge is -2.05. The molecule has 0 saturated carbocycles. The number of aromatic nitrogens is 3. The number of hydrogen-bond acceptors (Lipinski definition) is 4. The summed E-state index contributed by atoms with van der Waals surface area (Å²) in [5.74, 6) is 2.81. The van der Waals surface area contributed by atoms with Crippen LogP contribution >= 0.6 is 0 Å². The first-order chi connectivity index (χ1) is 11.7. The van der Waals surface area contributed by atoms with Crippen molar-refractivity contribution in [1.82, 2.24) is 20.3 Å². The zero-order valence-electron chi connectivity index (χ0n) is 13.1. The number of carbonyl (C=O) groups is 1. The first-order valence-corrected chi connectivity index (χ1v) is 7.45. The van der Waals surface area contributed by atoms with E-state index in [1.165, 1.54) is 17.3 Å². The van der Waals surface area contributed by atoms with Crippen molar-refractivity contribution in [1.29, 1.82) is 0 Å². The lowest BCUT2D eigenvalue weighted by Crippen LogP contribution is -2.28. The number of benzene rings is 1. The van der Waals surface area contributed by atoms with Crippen molar-refractivity contribution in [3.63, 3.8) is 0 Å². The van der Waals surface area contributed by atoms with Gasteiger partial charge in [-0.25, -0.2) is 19.7 Å². The maximum Gasteiger partial charge on any atom is 0.320 e. The fraction of sp³-hybridized carbons (Fsp3) is 0.111. The van der Waals surface area contributed by atoms with Gasteiger partial charge in [-0.15, -0.1) is 6.42 Å². The van der Waals surface area contributed by atoms with Gasteiger partial charge in [0.25, 0.3) is 0 Å². The highest BCUT2D eigenvalue weighted by Crippen LogP contribution is 2.32. The molecular weight excluding hydrogens is 302 g/mol. The molecule has 0 saturated heterocycles. The second-order valence-electron chi connectivity index (χ2n) is 5.00. The van der Waals surface area contributed by atoms with Gasteiger partial charge in [-0.05, 0) is 42.2 Å². The van der Waals surface area contributed by atoms with E-state index in [4.69, 9.17) is 6.42 Å². The van der Waals surface area contributed by atoms with E-state index in [1.54, 1.807) is 12.1 Å². The van der Waals surface area contributed by atoms with Crippen molar-refractivity contribution in [2.24, 2.45) is 0 Å². The Balaban J connectivity index is 0.000000231. The summed E-state index contributed by atoms with van der Waals surface area (Å²) in [6.07, 6.45) is 6.70. The van der Waals surface area contributed by atoms with Crippen molar-refractivity contribution < 1.29 is 4.79 Å². The number of nitrogens with zero attached hydrogens (tertiary/aromatic N) is 3. The second-order valence-corrected chi connectivity index (χ2v) is 5.00. The number of pyridine rings is 1. The van der Waals surface area contributed by atoms with Crippen LogP contribution in [-0.2, 0) is 0 Å². The monoisotopic (exact) mass is 317 g/mol. The smallest absolute Gasteiger partial charge is 0.320 e. The SMILES string of the molecule is C#Cc1cnc2nc(NC(=O)NCC)ccc2n1.c1cc2cc-2c1. The summed E-state index contributed by atoms with van der Waals surface area (Å²) >= 11 is 0. The fourth-order valence-electron chi connectivity index (χ4n) is 2.04. The lowest BCUT2D eigenvalue weighted by atomic mass is 10.3. The Labute approximate surface area is 139 Å². The van der Waals surface area contributed by atoms with Crippen LogP contribution in [0, 0.1) is 12.3 Å². The zero-order chi connectivity index (χ0) is 16.9. The van der Waals surface area contributed by atoms with Crippen molar-refractivity contribution in [3.05, 3.63) is 48.3 Å². The van der Waals surface area contributed by atoms with E-state index < -0.39 is 0 Å². The summed E-state index contributed by atoms with van der Waals surface area (Å²) in [6.45, 7) is 2.38. The van der Waals surface area contributed by atoms with Crippen LogP contribution in [0.1, 0.15) is 12.6 Å². The molecule has 0 unspecified atom stereocenters. The third kappa shape index (κ3) is 3.65. The summed E-state index contributed by atoms with van der Waals surface area (Å²) in [7, 11) is 0. The van der Waals surface area contributed by atoms with E-state index in [0.717, 1.165) is 0 Å². The van der Waals surface area contributed by atoms with E-state index in [2.05, 4.69) is 55.8 Å². The molecular formula is C18H15N5O. The number of terminal acetylenes is 1. The maximum atomic E-state index is 11.3. The third-order valence-corrected chi connectivity index (χ3v) is 3.24. The van der Waals surface area contributed by atoms with Crippen LogP contribution in [0.5, 0.6) is 0 Å². The molecule has 4 rings (SSSR count). The van der Waals surface area contributed by atoms with Gasteiger partial charge in [-0.1, -0.05) is 18.2 Å². The predicted octanol–water partition coefficient (Wildman–Crippen LogP) is 2.81. The molecule has 24 heavy (non-hydrogen) atoms. The average Bonchev–Trinajstić information content (AvgIpc) is 3.20. The molecule has 0 spiro atoms. The Morgan fingerprint density at radius 1 is 1.21 bits per heavy atom. The van der Waals surface area contributed by atoms with Crippen LogP contribution in [0.4, 0.5) is 10.6 Å². The van der Waals surface area contributed by atoms with Gasteiger partial charge in [0.15, 0.2) is 5.65 Å². The molecule has 6 heteroatoms. The highest BCUT2D eigenvalue weighted by Gasteiger charge is 2.07. The number of hydrogen-bond donors (Lipinski definition) is 2. The molecule has 6 nitrogen and oxygen atoms in total. The summed E-state index contributed by atoms with van der Waals surface area (Å²) in [5.41, 5.74) is 4.33. The number of nitrogens with one attached hydrogen (secondary N) is 2. The van der Waals surface area contributed by atoms with E-state index in [1.807, 2.05) is 6.92 Å². The number of carbonyl (C=O) groups excluding carboxylic acids is 1. The molecule has 2 aliphatic rings. The molecule has 118 valence electrons. The molecule has 0 fully saturated rings. The molecule has 2 amide bonds. The molecule has 0 radical (unpaired) electrons. The van der Waals surface area contributed by atoms with Gasteiger partial charge < -0.3 is 5.32 Å². The summed E-state index contributed by atoms with van der Waals surface area (Å²) in [5, 5.41) is 5.20. The number of rotatable bonds is 2. The number of anilines is 1. The highest BCUT2D eigenvalue weighted by molar-refractivity contribution is 5.89. The highest BCUT2D eigenvalue weighted by atomic mass is 16.2. The van der Waals surface area contributed by atoms with Crippen LogP contribution in [0.3, 0.4) is 0 Å². The summed E-state index contributed by atoms with van der Waals surface area (Å²) in [4.78, 5) is 23.7. The normalized spacial score (nSPS) is 10.2. The molecule has 0 atom stereocenters. The van der Waals surface area contributed by atoms with Gasteiger partial charge >= 0.3 is 6.03 Å². The first kappa shape index (κ1) is 15.4. The van der Waals surface area contributed by atoms with Crippen molar-refractivity contribution in [2.75, 3.05) is 11.9 Å². The van der Waals surface area contributed by atoms with E-state index in [0.29, 0.717) is 29.2 Å². The lowest BCUT2D eigenvalue weighted by molar-refractivity contribution is 0.252. The van der Waals surface area contributed by atoms with E-state index in [-0.39, 0.29) is 6.03 Å². The summed E-state index contributed by atoms with van der Waals surface area (Å²) in [6, 6.07) is 11.5. The Morgan fingerprint density at radius 3 is 2.58 bits per heavy atom. The average molecular weight is 317 g/mol. The Morgan fingerprint density at radius 2 is 2.00 bits per heavy atom. The van der Waals surface area contributed by atoms with Gasteiger partial charge in [0.2, 0.25) is 0 Å². The minimum absolute atomic E-state index is 0.308. The quantitative estimate of drug-likeness (QED) is 0.557.